The zero-order chi connectivity index (χ0) is 29.4. The second-order valence-corrected chi connectivity index (χ2v) is 11.2. The molecule has 2 aromatic carbocycles. The zero-order valence-electron chi connectivity index (χ0n) is 22.0. The molecule has 2 aliphatic rings. The average molecular weight is 626 g/mol. The maximum absolute atomic E-state index is 13.0. The van der Waals surface area contributed by atoms with Gasteiger partial charge in [0, 0.05) is 37.5 Å². The van der Waals surface area contributed by atoms with Crippen LogP contribution in [0.5, 0.6) is 0 Å². The molecular formula is C27H30Cl2N4O7S. The van der Waals surface area contributed by atoms with Crippen molar-refractivity contribution < 1.29 is 33.8 Å². The quantitative estimate of drug-likeness (QED) is 0.364. The highest BCUT2D eigenvalue weighted by Crippen LogP contribution is 2.26. The van der Waals surface area contributed by atoms with Gasteiger partial charge < -0.3 is 25.2 Å². The number of hydrogen-bond donors (Lipinski definition) is 3. The van der Waals surface area contributed by atoms with Gasteiger partial charge >= 0.3 is 12.1 Å². The first kappa shape index (κ1) is 30.9. The van der Waals surface area contributed by atoms with Crippen LogP contribution in [-0.4, -0.2) is 102 Å². The Morgan fingerprint density at radius 2 is 1.76 bits per heavy atom. The van der Waals surface area contributed by atoms with Crippen molar-refractivity contribution in [1.82, 2.24) is 15.1 Å². The van der Waals surface area contributed by atoms with E-state index in [2.05, 4.69) is 15.5 Å². The number of carbonyl (C=O) groups excluding carboxylic acids is 3. The highest BCUT2D eigenvalue weighted by atomic mass is 35.5. The van der Waals surface area contributed by atoms with E-state index in [0.717, 1.165) is 13.1 Å². The number of thioether (sulfide) groups is 1. The first-order chi connectivity index (χ1) is 19.7. The van der Waals surface area contributed by atoms with Crippen LogP contribution in [0.4, 0.5) is 10.5 Å². The standard InChI is InChI=1S/C27H30Cl2N4O7S/c28-19-2-1-3-20(29)23(19)25(35)30-18-6-4-17(5-7-18)14-21(26(36)37)31-24(34)22-15-41-16-33(22)27(38)40-13-10-32-8-11-39-12-9-32/h1-7,21-22H,8-16H2,(H,30,35)(H,31,34)(H,36,37)/t21-,22+/m0/s1. The second kappa shape index (κ2) is 14.7. The number of carboxylic acid groups (broad SMARTS) is 1. The van der Waals surface area contributed by atoms with Crippen LogP contribution in [0.2, 0.25) is 10.0 Å². The van der Waals surface area contributed by atoms with Gasteiger partial charge in [0.25, 0.3) is 5.91 Å². The number of amides is 3. The van der Waals surface area contributed by atoms with E-state index < -0.39 is 36.0 Å². The molecular weight excluding hydrogens is 595 g/mol. The van der Waals surface area contributed by atoms with Gasteiger partial charge in [0.05, 0.1) is 34.7 Å². The first-order valence-corrected chi connectivity index (χ1v) is 14.8. The topological polar surface area (TPSA) is 138 Å². The lowest BCUT2D eigenvalue weighted by Crippen LogP contribution is -2.52. The number of carbonyl (C=O) groups is 4. The minimum atomic E-state index is -1.23. The normalized spacial score (nSPS) is 18.0. The number of hydrogen-bond acceptors (Lipinski definition) is 8. The average Bonchev–Trinajstić information content (AvgIpc) is 3.45. The van der Waals surface area contributed by atoms with Gasteiger partial charge in [-0.2, -0.15) is 0 Å². The Bertz CT molecular complexity index is 1240. The van der Waals surface area contributed by atoms with E-state index in [4.69, 9.17) is 32.7 Å². The number of anilines is 1. The summed E-state index contributed by atoms with van der Waals surface area (Å²) in [5, 5.41) is 15.5. The number of ether oxygens (including phenoxy) is 2. The predicted molar refractivity (Wildman–Crippen MR) is 156 cm³/mol. The molecule has 3 amide bonds. The summed E-state index contributed by atoms with van der Waals surface area (Å²) >= 11 is 13.6. The molecule has 220 valence electrons. The summed E-state index contributed by atoms with van der Waals surface area (Å²) in [6, 6.07) is 9.21. The molecule has 0 unspecified atom stereocenters. The third-order valence-electron chi connectivity index (χ3n) is 6.61. The fourth-order valence-electron chi connectivity index (χ4n) is 4.35. The fraction of sp³-hybridized carbons (Fsp3) is 0.407. The largest absolute Gasteiger partial charge is 0.480 e. The molecule has 2 aliphatic heterocycles. The summed E-state index contributed by atoms with van der Waals surface area (Å²) < 4.78 is 10.7. The van der Waals surface area contributed by atoms with Crippen molar-refractivity contribution in [2.75, 3.05) is 56.4 Å². The highest BCUT2D eigenvalue weighted by molar-refractivity contribution is 7.99. The molecule has 2 aromatic rings. The minimum Gasteiger partial charge on any atom is -0.480 e. The second-order valence-electron chi connectivity index (χ2n) is 9.41. The smallest absolute Gasteiger partial charge is 0.411 e. The zero-order valence-corrected chi connectivity index (χ0v) is 24.3. The molecule has 3 N–H and O–H groups in total. The number of morpholine rings is 1. The Morgan fingerprint density at radius 1 is 1.07 bits per heavy atom. The van der Waals surface area contributed by atoms with Crippen molar-refractivity contribution in [3.63, 3.8) is 0 Å². The Morgan fingerprint density at radius 3 is 2.41 bits per heavy atom. The van der Waals surface area contributed by atoms with E-state index in [1.807, 2.05) is 0 Å². The van der Waals surface area contributed by atoms with Crippen molar-refractivity contribution in [3.05, 3.63) is 63.6 Å². The molecule has 0 aliphatic carbocycles. The van der Waals surface area contributed by atoms with Gasteiger partial charge in [0.15, 0.2) is 0 Å². The maximum Gasteiger partial charge on any atom is 0.411 e. The number of carboxylic acids is 1. The summed E-state index contributed by atoms with van der Waals surface area (Å²) in [6.45, 7) is 3.59. The first-order valence-electron chi connectivity index (χ1n) is 12.9. The molecule has 0 spiro atoms. The maximum atomic E-state index is 13.0. The Hall–Kier alpha value is -3.03. The summed E-state index contributed by atoms with van der Waals surface area (Å²) in [7, 11) is 0. The van der Waals surface area contributed by atoms with Crippen molar-refractivity contribution in [2.45, 2.75) is 18.5 Å². The Labute approximate surface area is 251 Å². The van der Waals surface area contributed by atoms with E-state index in [1.165, 1.54) is 16.7 Å². The van der Waals surface area contributed by atoms with Gasteiger partial charge in [-0.05, 0) is 29.8 Å². The lowest BCUT2D eigenvalue weighted by atomic mass is 10.0. The molecule has 41 heavy (non-hydrogen) atoms. The minimum absolute atomic E-state index is 0.00446. The molecule has 2 fully saturated rings. The van der Waals surface area contributed by atoms with Crippen molar-refractivity contribution in [2.24, 2.45) is 0 Å². The van der Waals surface area contributed by atoms with Crippen molar-refractivity contribution >= 4 is 64.5 Å². The number of benzene rings is 2. The van der Waals surface area contributed by atoms with Crippen LogP contribution in [0.25, 0.3) is 0 Å². The van der Waals surface area contributed by atoms with E-state index in [-0.39, 0.29) is 34.5 Å². The SMILES string of the molecule is O=C(Nc1ccc(C[C@H](NC(=O)[C@H]2CSCN2C(=O)OCCN2CCOCC2)C(=O)O)cc1)c1c(Cl)cccc1Cl. The van der Waals surface area contributed by atoms with Gasteiger partial charge in [-0.25, -0.2) is 9.59 Å². The molecule has 0 bridgehead atoms. The third kappa shape index (κ3) is 8.49. The molecule has 4 rings (SSSR count). The van der Waals surface area contributed by atoms with E-state index in [9.17, 15) is 24.3 Å². The Balaban J connectivity index is 1.30. The Kier molecular flexibility index (Phi) is 11.1. The van der Waals surface area contributed by atoms with Crippen LogP contribution in [0.1, 0.15) is 15.9 Å². The van der Waals surface area contributed by atoms with Crippen molar-refractivity contribution in [3.8, 4) is 0 Å². The van der Waals surface area contributed by atoms with Crippen molar-refractivity contribution in [1.29, 1.82) is 0 Å². The summed E-state index contributed by atoms with van der Waals surface area (Å²) in [5.41, 5.74) is 1.22. The number of nitrogens with zero attached hydrogens (tertiary/aromatic N) is 2. The predicted octanol–water partition coefficient (Wildman–Crippen LogP) is 3.20. The van der Waals surface area contributed by atoms with Crippen LogP contribution in [-0.2, 0) is 25.5 Å². The highest BCUT2D eigenvalue weighted by Gasteiger charge is 2.37. The summed E-state index contributed by atoms with van der Waals surface area (Å²) in [6.07, 6.45) is -0.610. The van der Waals surface area contributed by atoms with Gasteiger partial charge in [-0.15, -0.1) is 11.8 Å². The third-order valence-corrected chi connectivity index (χ3v) is 8.25. The van der Waals surface area contributed by atoms with Crippen LogP contribution in [0, 0.1) is 0 Å². The molecule has 2 heterocycles. The van der Waals surface area contributed by atoms with E-state index >= 15 is 0 Å². The van der Waals surface area contributed by atoms with Crippen LogP contribution in [0.3, 0.4) is 0 Å². The van der Waals surface area contributed by atoms with Gasteiger partial charge in [0.1, 0.15) is 18.7 Å². The van der Waals surface area contributed by atoms with Gasteiger partial charge in [-0.3, -0.25) is 19.4 Å². The molecule has 0 saturated carbocycles. The van der Waals surface area contributed by atoms with Gasteiger partial charge in [-0.1, -0.05) is 41.4 Å². The number of halogens is 2. The number of aliphatic carboxylic acids is 1. The van der Waals surface area contributed by atoms with E-state index in [0.29, 0.717) is 36.8 Å². The van der Waals surface area contributed by atoms with E-state index in [1.54, 1.807) is 42.5 Å². The molecule has 14 heteroatoms. The number of nitrogens with one attached hydrogen (secondary N) is 2. The van der Waals surface area contributed by atoms with Crippen LogP contribution >= 0.6 is 35.0 Å². The van der Waals surface area contributed by atoms with Crippen LogP contribution < -0.4 is 10.6 Å². The fourth-order valence-corrected chi connectivity index (χ4v) is 6.06. The number of rotatable bonds is 10. The van der Waals surface area contributed by atoms with Gasteiger partial charge in [0.2, 0.25) is 5.91 Å². The molecule has 0 aromatic heterocycles. The van der Waals surface area contributed by atoms with Crippen LogP contribution in [0.15, 0.2) is 42.5 Å². The lowest BCUT2D eigenvalue weighted by Gasteiger charge is -2.27. The lowest BCUT2D eigenvalue weighted by molar-refractivity contribution is -0.142. The molecule has 2 saturated heterocycles. The molecule has 0 radical (unpaired) electrons. The molecule has 2 atom stereocenters. The molecule has 11 nitrogen and oxygen atoms in total. The summed E-state index contributed by atoms with van der Waals surface area (Å²) in [5.74, 6) is -1.65. The summed E-state index contributed by atoms with van der Waals surface area (Å²) in [4.78, 5) is 53.7. The monoisotopic (exact) mass is 624 g/mol.